The number of likely N-dealkylation sites (tertiary alicyclic amines) is 1. The molecule has 5 rings (SSSR count). The summed E-state index contributed by atoms with van der Waals surface area (Å²) in [5, 5.41) is 0. The minimum Gasteiger partial charge on any atom is -0.490 e. The van der Waals surface area contributed by atoms with Gasteiger partial charge in [-0.1, -0.05) is 45.0 Å². The molecule has 3 fully saturated rings. The molecular weight excluding hydrogens is 358 g/mol. The lowest BCUT2D eigenvalue weighted by atomic mass is 9.48. The lowest BCUT2D eigenvalue weighted by molar-refractivity contribution is -0.136. The molecule has 3 nitrogen and oxygen atoms in total. The highest BCUT2D eigenvalue weighted by Gasteiger charge is 2.60. The zero-order chi connectivity index (χ0) is 20.4. The smallest absolute Gasteiger partial charge is 0.226 e. The van der Waals surface area contributed by atoms with E-state index in [2.05, 4.69) is 51.1 Å². The second kappa shape index (κ2) is 6.62. The predicted molar refractivity (Wildman–Crippen MR) is 115 cm³/mol. The van der Waals surface area contributed by atoms with E-state index in [1.54, 1.807) is 0 Å². The number of hydrogen-bond acceptors (Lipinski definition) is 2. The number of amides is 1. The molecule has 0 radical (unpaired) electrons. The van der Waals surface area contributed by atoms with Gasteiger partial charge in [-0.15, -0.1) is 0 Å². The normalized spacial score (nSPS) is 43.9. The second-order valence-electron chi connectivity index (χ2n) is 10.8. The fraction of sp³-hybridized carbons (Fsp3) is 0.654. The number of para-hydroxylation sites is 1. The van der Waals surface area contributed by atoms with E-state index in [0.717, 1.165) is 12.2 Å². The molecule has 0 bridgehead atoms. The number of ether oxygens (including phenoxy) is 1. The molecule has 1 saturated heterocycles. The van der Waals surface area contributed by atoms with Crippen LogP contribution in [0.3, 0.4) is 0 Å². The van der Waals surface area contributed by atoms with Gasteiger partial charge in [-0.05, 0) is 73.3 Å². The first kappa shape index (κ1) is 19.2. The topological polar surface area (TPSA) is 29.5 Å². The number of benzene rings is 1. The van der Waals surface area contributed by atoms with E-state index in [1.807, 2.05) is 18.0 Å². The highest BCUT2D eigenvalue weighted by atomic mass is 16.5. The molecule has 1 amide bonds. The Balaban J connectivity index is 1.44. The Morgan fingerprint density at radius 1 is 1.10 bits per heavy atom. The summed E-state index contributed by atoms with van der Waals surface area (Å²) < 4.78 is 6.44. The SMILES string of the molecule is CC1C=C2N(C)C(=O)CC[C@]2(C)C2CC[C@]3(C)CC(Oc4ccccc4)CC3C12. The van der Waals surface area contributed by atoms with Gasteiger partial charge in [0.2, 0.25) is 5.91 Å². The van der Waals surface area contributed by atoms with Gasteiger partial charge in [-0.3, -0.25) is 4.79 Å². The first-order chi connectivity index (χ1) is 13.8. The molecule has 5 unspecified atom stereocenters. The third-order valence-electron chi connectivity index (χ3n) is 9.13. The van der Waals surface area contributed by atoms with Crippen LogP contribution in [0.4, 0.5) is 0 Å². The maximum Gasteiger partial charge on any atom is 0.226 e. The molecule has 1 aliphatic heterocycles. The van der Waals surface area contributed by atoms with Crippen molar-refractivity contribution in [2.45, 2.75) is 65.4 Å². The molecule has 156 valence electrons. The number of piperidine rings is 1. The molecule has 3 aliphatic carbocycles. The summed E-state index contributed by atoms with van der Waals surface area (Å²) in [6, 6.07) is 10.3. The largest absolute Gasteiger partial charge is 0.490 e. The van der Waals surface area contributed by atoms with Gasteiger partial charge in [0, 0.05) is 24.6 Å². The van der Waals surface area contributed by atoms with E-state index >= 15 is 0 Å². The highest BCUT2D eigenvalue weighted by Crippen LogP contribution is 2.65. The summed E-state index contributed by atoms with van der Waals surface area (Å²) in [6.07, 6.45) is 9.42. The highest BCUT2D eigenvalue weighted by molar-refractivity contribution is 5.79. The maximum absolute atomic E-state index is 12.4. The molecule has 1 aromatic carbocycles. The van der Waals surface area contributed by atoms with Crippen LogP contribution in [0, 0.1) is 34.5 Å². The monoisotopic (exact) mass is 393 g/mol. The van der Waals surface area contributed by atoms with Crippen molar-refractivity contribution in [2.75, 3.05) is 7.05 Å². The molecule has 7 atom stereocenters. The fourth-order valence-corrected chi connectivity index (χ4v) is 7.66. The van der Waals surface area contributed by atoms with E-state index < -0.39 is 0 Å². The minimum atomic E-state index is 0.152. The lowest BCUT2D eigenvalue weighted by Gasteiger charge is -2.59. The van der Waals surface area contributed by atoms with Crippen LogP contribution in [0.2, 0.25) is 0 Å². The standard InChI is InChI=1S/C26H35NO2/c1-17-14-22-26(3,13-11-23(28)27(22)4)20-10-12-25(2)16-19(15-21(25)24(17)20)29-18-8-6-5-7-9-18/h5-9,14,17,19-21,24H,10-13,15-16H2,1-4H3/t17?,19?,20?,21?,24?,25-,26-/m1/s1. The van der Waals surface area contributed by atoms with Crippen molar-refractivity contribution in [1.82, 2.24) is 4.90 Å². The second-order valence-corrected chi connectivity index (χ2v) is 10.8. The third kappa shape index (κ3) is 2.87. The number of rotatable bonds is 2. The molecule has 2 saturated carbocycles. The molecule has 1 heterocycles. The van der Waals surface area contributed by atoms with E-state index in [-0.39, 0.29) is 11.3 Å². The zero-order valence-corrected chi connectivity index (χ0v) is 18.4. The van der Waals surface area contributed by atoms with E-state index in [0.29, 0.717) is 41.6 Å². The Hall–Kier alpha value is -1.77. The molecule has 29 heavy (non-hydrogen) atoms. The third-order valence-corrected chi connectivity index (χ3v) is 9.13. The van der Waals surface area contributed by atoms with Gasteiger partial charge in [-0.25, -0.2) is 0 Å². The van der Waals surface area contributed by atoms with Crippen LogP contribution in [0.1, 0.15) is 59.3 Å². The average molecular weight is 394 g/mol. The number of nitrogens with zero attached hydrogens (tertiary/aromatic N) is 1. The van der Waals surface area contributed by atoms with Crippen LogP contribution < -0.4 is 4.74 Å². The Bertz CT molecular complexity index is 832. The van der Waals surface area contributed by atoms with Gasteiger partial charge < -0.3 is 9.64 Å². The summed E-state index contributed by atoms with van der Waals surface area (Å²) in [6.45, 7) is 7.36. The average Bonchev–Trinajstić information content (AvgIpc) is 3.03. The summed E-state index contributed by atoms with van der Waals surface area (Å²) in [4.78, 5) is 14.3. The van der Waals surface area contributed by atoms with Gasteiger partial charge in [0.1, 0.15) is 5.75 Å². The Kier molecular flexibility index (Phi) is 4.38. The lowest BCUT2D eigenvalue weighted by Crippen LogP contribution is -2.54. The summed E-state index contributed by atoms with van der Waals surface area (Å²) in [5.74, 6) is 3.92. The number of hydrogen-bond donors (Lipinski definition) is 0. The predicted octanol–water partition coefficient (Wildman–Crippen LogP) is 5.67. The molecule has 1 aromatic rings. The van der Waals surface area contributed by atoms with E-state index in [9.17, 15) is 4.79 Å². The molecule has 0 N–H and O–H groups in total. The first-order valence-corrected chi connectivity index (χ1v) is 11.5. The molecular formula is C26H35NO2. The minimum absolute atomic E-state index is 0.152. The Morgan fingerprint density at radius 3 is 2.62 bits per heavy atom. The number of carbonyl (C=O) groups is 1. The number of fused-ring (bicyclic) bond motifs is 5. The summed E-state index contributed by atoms with van der Waals surface area (Å²) >= 11 is 0. The van der Waals surface area contributed by atoms with Crippen LogP contribution in [-0.4, -0.2) is 24.0 Å². The van der Waals surface area contributed by atoms with Gasteiger partial charge in [0.25, 0.3) is 0 Å². The van der Waals surface area contributed by atoms with Gasteiger partial charge in [-0.2, -0.15) is 0 Å². The quantitative estimate of drug-likeness (QED) is 0.648. The molecule has 3 heteroatoms. The van der Waals surface area contributed by atoms with Crippen molar-refractivity contribution in [3.8, 4) is 5.75 Å². The van der Waals surface area contributed by atoms with Crippen molar-refractivity contribution in [2.24, 2.45) is 34.5 Å². The van der Waals surface area contributed by atoms with Crippen LogP contribution in [0.25, 0.3) is 0 Å². The Labute approximate surface area is 175 Å². The fourth-order valence-electron chi connectivity index (χ4n) is 7.66. The van der Waals surface area contributed by atoms with Gasteiger partial charge in [0.05, 0.1) is 6.10 Å². The molecule has 4 aliphatic rings. The number of allylic oxidation sites excluding steroid dienone is 2. The van der Waals surface area contributed by atoms with Crippen LogP contribution in [-0.2, 0) is 4.79 Å². The van der Waals surface area contributed by atoms with Gasteiger partial charge >= 0.3 is 0 Å². The Morgan fingerprint density at radius 2 is 1.86 bits per heavy atom. The van der Waals surface area contributed by atoms with Crippen molar-refractivity contribution < 1.29 is 9.53 Å². The van der Waals surface area contributed by atoms with Crippen molar-refractivity contribution >= 4 is 5.91 Å². The van der Waals surface area contributed by atoms with Crippen LogP contribution in [0.15, 0.2) is 42.1 Å². The summed E-state index contributed by atoms with van der Waals surface area (Å²) in [5.41, 5.74) is 1.84. The zero-order valence-electron chi connectivity index (χ0n) is 18.4. The van der Waals surface area contributed by atoms with Crippen molar-refractivity contribution in [1.29, 1.82) is 0 Å². The van der Waals surface area contributed by atoms with Crippen LogP contribution >= 0.6 is 0 Å². The number of carbonyl (C=O) groups excluding carboxylic acids is 1. The summed E-state index contributed by atoms with van der Waals surface area (Å²) in [7, 11) is 1.99. The van der Waals surface area contributed by atoms with E-state index in [4.69, 9.17) is 4.74 Å². The van der Waals surface area contributed by atoms with Crippen LogP contribution in [0.5, 0.6) is 5.75 Å². The van der Waals surface area contributed by atoms with Crippen molar-refractivity contribution in [3.63, 3.8) is 0 Å². The first-order valence-electron chi connectivity index (χ1n) is 11.5. The maximum atomic E-state index is 12.4. The van der Waals surface area contributed by atoms with Gasteiger partial charge in [0.15, 0.2) is 0 Å². The van der Waals surface area contributed by atoms with E-state index in [1.165, 1.54) is 31.4 Å². The molecule has 0 spiro atoms. The molecule has 0 aromatic heterocycles. The van der Waals surface area contributed by atoms with Crippen molar-refractivity contribution in [3.05, 3.63) is 42.1 Å².